The summed E-state index contributed by atoms with van der Waals surface area (Å²) in [5.41, 5.74) is 2.25. The van der Waals surface area contributed by atoms with Gasteiger partial charge in [-0.2, -0.15) is 9.78 Å². The quantitative estimate of drug-likeness (QED) is 0.417. The largest absolute Gasteiger partial charge is 0.507 e. The Morgan fingerprint density at radius 3 is 2.50 bits per heavy atom. The lowest BCUT2D eigenvalue weighted by Crippen LogP contribution is -2.31. The van der Waals surface area contributed by atoms with Crippen molar-refractivity contribution in [2.45, 2.75) is 32.1 Å². The third kappa shape index (κ3) is 4.31. The normalized spacial score (nSPS) is 13.5. The van der Waals surface area contributed by atoms with Crippen molar-refractivity contribution in [2.24, 2.45) is 0 Å². The fourth-order valence-electron chi connectivity index (χ4n) is 3.64. The molecule has 7 nitrogen and oxygen atoms in total. The van der Waals surface area contributed by atoms with E-state index < -0.39 is 5.91 Å². The van der Waals surface area contributed by atoms with Crippen LogP contribution < -0.4 is 10.6 Å². The Morgan fingerprint density at radius 1 is 1.16 bits per heavy atom. The summed E-state index contributed by atoms with van der Waals surface area (Å²) in [5, 5.41) is 20.9. The molecule has 1 saturated carbocycles. The number of anilines is 1. The van der Waals surface area contributed by atoms with Crippen LogP contribution in [0.5, 0.6) is 5.75 Å². The van der Waals surface area contributed by atoms with E-state index in [1.807, 2.05) is 13.0 Å². The second-order valence-corrected chi connectivity index (χ2v) is 8.43. The van der Waals surface area contributed by atoms with Gasteiger partial charge in [0.15, 0.2) is 0 Å². The number of rotatable bonds is 5. The Kier molecular flexibility index (Phi) is 6.39. The fourth-order valence-corrected chi connectivity index (χ4v) is 4.21. The van der Waals surface area contributed by atoms with E-state index in [1.54, 1.807) is 30.3 Å². The van der Waals surface area contributed by atoms with Crippen LogP contribution >= 0.6 is 23.2 Å². The van der Waals surface area contributed by atoms with E-state index in [2.05, 4.69) is 15.7 Å². The Hall–Kier alpha value is -3.03. The number of amides is 2. The molecule has 2 aromatic carbocycles. The number of halogens is 2. The first-order valence-corrected chi connectivity index (χ1v) is 11.1. The van der Waals surface area contributed by atoms with E-state index in [1.165, 1.54) is 10.7 Å². The molecule has 9 heteroatoms. The standard InChI is InChI=1S/C23H22Cl2N4O3/c1-2-26-23(32)29-19(13-5-3-6-13)12-18(28-29)15-11-14(9-10-20(15)30)27-22(31)21-16(24)7-4-8-17(21)25/h4,7-13,30H,2-3,5-6H2,1H3,(H,26,32)(H,27,31). The van der Waals surface area contributed by atoms with Crippen LogP contribution in [0.2, 0.25) is 10.0 Å². The minimum Gasteiger partial charge on any atom is -0.507 e. The number of benzene rings is 2. The predicted octanol–water partition coefficient (Wildman–Crippen LogP) is 5.66. The fraction of sp³-hybridized carbons (Fsp3) is 0.261. The van der Waals surface area contributed by atoms with Crippen molar-refractivity contribution in [1.29, 1.82) is 0 Å². The number of aromatic nitrogens is 2. The third-order valence-corrected chi connectivity index (χ3v) is 6.13. The number of nitrogens with one attached hydrogen (secondary N) is 2. The van der Waals surface area contributed by atoms with Gasteiger partial charge in [-0.25, -0.2) is 4.79 Å². The summed E-state index contributed by atoms with van der Waals surface area (Å²) >= 11 is 12.3. The first-order valence-electron chi connectivity index (χ1n) is 10.4. The number of carbonyl (C=O) groups excluding carboxylic acids is 2. The van der Waals surface area contributed by atoms with E-state index >= 15 is 0 Å². The monoisotopic (exact) mass is 472 g/mol. The van der Waals surface area contributed by atoms with Gasteiger partial charge in [-0.3, -0.25) is 4.79 Å². The number of phenols is 1. The van der Waals surface area contributed by atoms with Gasteiger partial charge in [0.25, 0.3) is 5.91 Å². The molecule has 3 N–H and O–H groups in total. The average Bonchev–Trinajstić information content (AvgIpc) is 3.12. The molecule has 0 spiro atoms. The maximum Gasteiger partial charge on any atom is 0.342 e. The summed E-state index contributed by atoms with van der Waals surface area (Å²) < 4.78 is 1.37. The molecule has 4 rings (SSSR count). The molecule has 0 bridgehead atoms. The van der Waals surface area contributed by atoms with E-state index in [-0.39, 0.29) is 33.3 Å². The van der Waals surface area contributed by atoms with Crippen LogP contribution in [-0.2, 0) is 0 Å². The second kappa shape index (κ2) is 9.22. The lowest BCUT2D eigenvalue weighted by Gasteiger charge is -2.25. The van der Waals surface area contributed by atoms with Gasteiger partial charge in [0.1, 0.15) is 5.75 Å². The lowest BCUT2D eigenvalue weighted by atomic mass is 9.82. The zero-order valence-electron chi connectivity index (χ0n) is 17.4. The molecule has 1 aliphatic rings. The van der Waals surface area contributed by atoms with Crippen molar-refractivity contribution in [2.75, 3.05) is 11.9 Å². The minimum absolute atomic E-state index is 0.0144. The highest BCUT2D eigenvalue weighted by molar-refractivity contribution is 6.40. The predicted molar refractivity (Wildman–Crippen MR) is 125 cm³/mol. The molecule has 166 valence electrons. The first kappa shape index (κ1) is 22.2. The molecule has 0 radical (unpaired) electrons. The molecular weight excluding hydrogens is 451 g/mol. The molecule has 1 fully saturated rings. The van der Waals surface area contributed by atoms with Gasteiger partial charge in [0.05, 0.1) is 27.0 Å². The summed E-state index contributed by atoms with van der Waals surface area (Å²) in [6.07, 6.45) is 3.09. The molecule has 32 heavy (non-hydrogen) atoms. The third-order valence-electron chi connectivity index (χ3n) is 5.50. The minimum atomic E-state index is -0.472. The van der Waals surface area contributed by atoms with Crippen LogP contribution in [0.15, 0.2) is 42.5 Å². The zero-order valence-corrected chi connectivity index (χ0v) is 18.9. The molecule has 1 aromatic heterocycles. The highest BCUT2D eigenvalue weighted by Gasteiger charge is 2.27. The van der Waals surface area contributed by atoms with E-state index in [0.29, 0.717) is 23.5 Å². The maximum absolute atomic E-state index is 12.7. The number of nitrogens with zero attached hydrogens (tertiary/aromatic N) is 2. The number of carbonyl (C=O) groups is 2. The van der Waals surface area contributed by atoms with Crippen molar-refractivity contribution in [3.63, 3.8) is 0 Å². The summed E-state index contributed by atoms with van der Waals surface area (Å²) in [6, 6.07) is 11.0. The van der Waals surface area contributed by atoms with E-state index in [9.17, 15) is 14.7 Å². The van der Waals surface area contributed by atoms with Crippen LogP contribution in [0.4, 0.5) is 10.5 Å². The van der Waals surface area contributed by atoms with Crippen molar-refractivity contribution >= 4 is 40.8 Å². The molecular formula is C23H22Cl2N4O3. The zero-order chi connectivity index (χ0) is 22.8. The van der Waals surface area contributed by atoms with Crippen LogP contribution in [0, 0.1) is 0 Å². The Bertz CT molecular complexity index is 1170. The molecule has 0 unspecified atom stereocenters. The Morgan fingerprint density at radius 2 is 1.88 bits per heavy atom. The molecule has 3 aromatic rings. The Balaban J connectivity index is 1.67. The summed E-state index contributed by atoms with van der Waals surface area (Å²) in [4.78, 5) is 25.2. The number of hydrogen-bond acceptors (Lipinski definition) is 4. The van der Waals surface area contributed by atoms with Gasteiger partial charge in [0, 0.05) is 23.7 Å². The molecule has 1 heterocycles. The lowest BCUT2D eigenvalue weighted by molar-refractivity contribution is 0.102. The Labute approximate surface area is 195 Å². The molecule has 0 saturated heterocycles. The van der Waals surface area contributed by atoms with E-state index in [4.69, 9.17) is 23.2 Å². The van der Waals surface area contributed by atoms with Gasteiger partial charge in [-0.05, 0) is 56.2 Å². The molecule has 0 aliphatic heterocycles. The van der Waals surface area contributed by atoms with Crippen LogP contribution in [0.3, 0.4) is 0 Å². The summed E-state index contributed by atoms with van der Waals surface area (Å²) in [6.45, 7) is 2.32. The highest BCUT2D eigenvalue weighted by Crippen LogP contribution is 2.39. The SMILES string of the molecule is CCNC(=O)n1nc(-c2cc(NC(=O)c3c(Cl)cccc3Cl)ccc2O)cc1C1CCC1. The van der Waals surface area contributed by atoms with Crippen molar-refractivity contribution in [1.82, 2.24) is 15.1 Å². The summed E-state index contributed by atoms with van der Waals surface area (Å²) in [5.74, 6) is -0.231. The van der Waals surface area contributed by atoms with Crippen molar-refractivity contribution in [3.8, 4) is 17.0 Å². The van der Waals surface area contributed by atoms with Gasteiger partial charge < -0.3 is 15.7 Å². The number of aromatic hydroxyl groups is 1. The summed E-state index contributed by atoms with van der Waals surface area (Å²) in [7, 11) is 0. The maximum atomic E-state index is 12.7. The van der Waals surface area contributed by atoms with Crippen LogP contribution in [-0.4, -0.2) is 33.4 Å². The topological polar surface area (TPSA) is 96.3 Å². The van der Waals surface area contributed by atoms with Gasteiger partial charge in [-0.15, -0.1) is 0 Å². The average molecular weight is 473 g/mol. The molecule has 1 aliphatic carbocycles. The number of phenolic OH excluding ortho intramolecular Hbond substituents is 1. The first-order chi connectivity index (χ1) is 15.4. The number of hydrogen-bond donors (Lipinski definition) is 3. The van der Waals surface area contributed by atoms with Crippen molar-refractivity contribution < 1.29 is 14.7 Å². The van der Waals surface area contributed by atoms with E-state index in [0.717, 1.165) is 25.0 Å². The second-order valence-electron chi connectivity index (χ2n) is 7.61. The van der Waals surface area contributed by atoms with Gasteiger partial charge in [-0.1, -0.05) is 35.7 Å². The van der Waals surface area contributed by atoms with Gasteiger partial charge in [0.2, 0.25) is 0 Å². The molecule has 2 amide bonds. The van der Waals surface area contributed by atoms with Crippen LogP contribution in [0.1, 0.15) is 48.2 Å². The smallest absolute Gasteiger partial charge is 0.342 e. The van der Waals surface area contributed by atoms with Crippen LogP contribution in [0.25, 0.3) is 11.3 Å². The molecule has 0 atom stereocenters. The van der Waals surface area contributed by atoms with Gasteiger partial charge >= 0.3 is 6.03 Å². The highest BCUT2D eigenvalue weighted by atomic mass is 35.5. The van der Waals surface area contributed by atoms with Crippen molar-refractivity contribution in [3.05, 3.63) is 63.8 Å².